The van der Waals surface area contributed by atoms with E-state index >= 15 is 0 Å². The maximum Gasteiger partial charge on any atom is 0.229 e. The number of alkyl halides is 1. The first-order chi connectivity index (χ1) is 14.4. The number of pyridine rings is 1. The number of benzene rings is 1. The van der Waals surface area contributed by atoms with Crippen LogP contribution in [0, 0.1) is 28.0 Å². The van der Waals surface area contributed by atoms with Crippen LogP contribution in [0.3, 0.4) is 0 Å². The first-order valence-corrected chi connectivity index (χ1v) is 10.1. The van der Waals surface area contributed by atoms with Gasteiger partial charge in [-0.3, -0.25) is 4.79 Å². The van der Waals surface area contributed by atoms with Gasteiger partial charge in [-0.1, -0.05) is 12.1 Å². The molecule has 2 unspecified atom stereocenters. The Bertz CT molecular complexity index is 1010. The lowest BCUT2D eigenvalue weighted by molar-refractivity contribution is -0.226. The van der Waals surface area contributed by atoms with Crippen molar-refractivity contribution in [1.29, 1.82) is 5.26 Å². The summed E-state index contributed by atoms with van der Waals surface area (Å²) in [7, 11) is 0. The molecular weight excluding hydrogens is 388 g/mol. The van der Waals surface area contributed by atoms with E-state index in [4.69, 9.17) is 10.00 Å². The van der Waals surface area contributed by atoms with Crippen LogP contribution in [0.1, 0.15) is 42.9 Å². The molecule has 5 nitrogen and oxygen atoms in total. The number of likely N-dealkylation sites (tertiary alicyclic amines) is 1. The molecule has 1 aromatic carbocycles. The molecule has 1 aliphatic heterocycles. The van der Waals surface area contributed by atoms with Crippen molar-refractivity contribution in [1.82, 2.24) is 9.88 Å². The zero-order chi connectivity index (χ0) is 20.9. The highest BCUT2D eigenvalue weighted by Gasteiger charge is 2.72. The van der Waals surface area contributed by atoms with Crippen LogP contribution in [-0.2, 0) is 4.79 Å². The van der Waals surface area contributed by atoms with E-state index in [1.54, 1.807) is 29.2 Å². The van der Waals surface area contributed by atoms with Gasteiger partial charge in [-0.2, -0.15) is 5.26 Å². The van der Waals surface area contributed by atoms with Gasteiger partial charge in [0.05, 0.1) is 30.2 Å². The van der Waals surface area contributed by atoms with Gasteiger partial charge in [0.25, 0.3) is 0 Å². The molecule has 3 saturated carbocycles. The van der Waals surface area contributed by atoms with Gasteiger partial charge in [-0.15, -0.1) is 0 Å². The minimum absolute atomic E-state index is 0.0183. The number of ether oxygens (including phenoxy) is 1. The van der Waals surface area contributed by atoms with E-state index in [-0.39, 0.29) is 30.1 Å². The summed E-state index contributed by atoms with van der Waals surface area (Å²) in [6, 6.07) is 11.0. The molecule has 1 aromatic heterocycles. The standard InChI is InChI=1S/C23H21F2N3O2/c24-17-3-1-2-16(6-17)19-7-18(25)10-28(19)21(29)23-11-22(12-23,13-23)14-30-20-5-4-15(8-26)9-27-20/h1-6,9,18-19H,7,10-14H2. The maximum absolute atomic E-state index is 14.2. The molecule has 2 aromatic rings. The Hall–Kier alpha value is -3.01. The molecule has 154 valence electrons. The summed E-state index contributed by atoms with van der Waals surface area (Å²) in [5.74, 6) is 0.0700. The summed E-state index contributed by atoms with van der Waals surface area (Å²) < 4.78 is 33.6. The Balaban J connectivity index is 1.22. The molecule has 0 spiro atoms. The van der Waals surface area contributed by atoms with E-state index in [0.717, 1.165) is 19.3 Å². The van der Waals surface area contributed by atoms with E-state index in [2.05, 4.69) is 4.98 Å². The first kappa shape index (κ1) is 19.0. The molecule has 1 saturated heterocycles. The fourth-order valence-corrected chi connectivity index (χ4v) is 5.48. The summed E-state index contributed by atoms with van der Waals surface area (Å²) in [4.78, 5) is 19.0. The predicted octanol–water partition coefficient (Wildman–Crippen LogP) is 3.95. The molecule has 4 aliphatic rings. The van der Waals surface area contributed by atoms with Crippen LogP contribution < -0.4 is 4.74 Å². The fraction of sp³-hybridized carbons (Fsp3) is 0.435. The number of nitrogens with zero attached hydrogens (tertiary/aromatic N) is 3. The number of carbonyl (C=O) groups is 1. The third kappa shape index (κ3) is 3.02. The Kier molecular flexibility index (Phi) is 4.28. The highest BCUT2D eigenvalue weighted by Crippen LogP contribution is 2.74. The van der Waals surface area contributed by atoms with Crippen molar-refractivity contribution in [3.63, 3.8) is 0 Å². The first-order valence-electron chi connectivity index (χ1n) is 10.1. The molecule has 2 atom stereocenters. The monoisotopic (exact) mass is 409 g/mol. The van der Waals surface area contributed by atoms with Gasteiger partial charge in [0.1, 0.15) is 18.1 Å². The Morgan fingerprint density at radius 1 is 1.30 bits per heavy atom. The lowest BCUT2D eigenvalue weighted by Crippen LogP contribution is -2.69. The summed E-state index contributed by atoms with van der Waals surface area (Å²) >= 11 is 0. The van der Waals surface area contributed by atoms with Gasteiger partial charge >= 0.3 is 0 Å². The predicted molar refractivity (Wildman–Crippen MR) is 104 cm³/mol. The highest BCUT2D eigenvalue weighted by molar-refractivity contribution is 5.87. The number of hydrogen-bond acceptors (Lipinski definition) is 4. The summed E-state index contributed by atoms with van der Waals surface area (Å²) in [6.45, 7) is 0.542. The summed E-state index contributed by atoms with van der Waals surface area (Å²) in [5, 5.41) is 8.82. The van der Waals surface area contributed by atoms with Crippen LogP contribution in [0.4, 0.5) is 8.78 Å². The maximum atomic E-state index is 14.2. The molecule has 30 heavy (non-hydrogen) atoms. The van der Waals surface area contributed by atoms with E-state index in [9.17, 15) is 13.6 Å². The van der Waals surface area contributed by atoms with Gasteiger partial charge in [-0.25, -0.2) is 13.8 Å². The van der Waals surface area contributed by atoms with E-state index in [1.165, 1.54) is 18.3 Å². The van der Waals surface area contributed by atoms with Gasteiger partial charge in [-0.05, 0) is 43.0 Å². The highest BCUT2D eigenvalue weighted by atomic mass is 19.1. The fourth-order valence-electron chi connectivity index (χ4n) is 5.48. The average molecular weight is 409 g/mol. The van der Waals surface area contributed by atoms with Gasteiger partial charge in [0, 0.05) is 24.1 Å². The number of nitriles is 1. The van der Waals surface area contributed by atoms with Crippen LogP contribution in [0.2, 0.25) is 0 Å². The number of hydrogen-bond donors (Lipinski definition) is 0. The third-order valence-corrected chi connectivity index (χ3v) is 6.73. The Morgan fingerprint density at radius 2 is 2.10 bits per heavy atom. The largest absolute Gasteiger partial charge is 0.477 e. The summed E-state index contributed by atoms with van der Waals surface area (Å²) in [5.41, 5.74) is 0.660. The van der Waals surface area contributed by atoms with Crippen molar-refractivity contribution in [3.8, 4) is 11.9 Å². The van der Waals surface area contributed by atoms with E-state index < -0.39 is 17.6 Å². The molecule has 3 aliphatic carbocycles. The number of amides is 1. The second-order valence-corrected chi connectivity index (χ2v) is 8.96. The quantitative estimate of drug-likeness (QED) is 0.750. The van der Waals surface area contributed by atoms with Gasteiger partial charge in [0.2, 0.25) is 11.8 Å². The molecule has 0 radical (unpaired) electrons. The van der Waals surface area contributed by atoms with Gasteiger partial charge in [0.15, 0.2) is 0 Å². The van der Waals surface area contributed by atoms with Crippen LogP contribution in [0.5, 0.6) is 5.88 Å². The topological polar surface area (TPSA) is 66.2 Å². The minimum Gasteiger partial charge on any atom is -0.477 e. The molecule has 7 heteroatoms. The second-order valence-electron chi connectivity index (χ2n) is 8.96. The van der Waals surface area contributed by atoms with Crippen molar-refractivity contribution >= 4 is 5.91 Å². The van der Waals surface area contributed by atoms with Crippen LogP contribution in [0.15, 0.2) is 42.6 Å². The average Bonchev–Trinajstić information content (AvgIpc) is 3.08. The van der Waals surface area contributed by atoms with Crippen molar-refractivity contribution in [2.75, 3.05) is 13.2 Å². The third-order valence-electron chi connectivity index (χ3n) is 6.73. The molecule has 0 N–H and O–H groups in total. The van der Waals surface area contributed by atoms with Crippen molar-refractivity contribution in [2.45, 2.75) is 37.9 Å². The SMILES string of the molecule is N#Cc1ccc(OCC23CC(C(=O)N4CC(F)CC4c4cccc(F)c4)(C2)C3)nc1. The van der Waals surface area contributed by atoms with E-state index in [0.29, 0.717) is 23.6 Å². The Morgan fingerprint density at radius 3 is 2.77 bits per heavy atom. The number of aromatic nitrogens is 1. The minimum atomic E-state index is -1.09. The van der Waals surface area contributed by atoms with Crippen molar-refractivity contribution in [3.05, 3.63) is 59.5 Å². The van der Waals surface area contributed by atoms with Crippen LogP contribution >= 0.6 is 0 Å². The van der Waals surface area contributed by atoms with Crippen molar-refractivity contribution in [2.24, 2.45) is 10.8 Å². The molecule has 2 bridgehead atoms. The molecular formula is C23H21F2N3O2. The molecule has 4 fully saturated rings. The molecule has 1 amide bonds. The second kappa shape index (κ2) is 6.76. The molecule has 6 rings (SSSR count). The lowest BCUT2D eigenvalue weighted by Gasteiger charge is -2.69. The number of carbonyl (C=O) groups excluding carboxylic acids is 1. The normalized spacial score (nSPS) is 31.4. The van der Waals surface area contributed by atoms with E-state index in [1.807, 2.05) is 6.07 Å². The lowest BCUT2D eigenvalue weighted by atomic mass is 9.35. The molecule has 2 heterocycles. The number of rotatable bonds is 5. The van der Waals surface area contributed by atoms with Gasteiger partial charge < -0.3 is 9.64 Å². The Labute approximate surface area is 173 Å². The smallest absolute Gasteiger partial charge is 0.229 e. The number of halogens is 2. The van der Waals surface area contributed by atoms with Crippen LogP contribution in [0.25, 0.3) is 0 Å². The van der Waals surface area contributed by atoms with Crippen LogP contribution in [-0.4, -0.2) is 35.1 Å². The summed E-state index contributed by atoms with van der Waals surface area (Å²) in [6.07, 6.45) is 2.75. The zero-order valence-electron chi connectivity index (χ0n) is 16.4. The zero-order valence-corrected chi connectivity index (χ0v) is 16.4. The van der Waals surface area contributed by atoms with Crippen molar-refractivity contribution < 1.29 is 18.3 Å².